The zero-order valence-electron chi connectivity index (χ0n) is 11.3. The number of nitrogens with one attached hydrogen (secondary N) is 1. The Labute approximate surface area is 116 Å². The van der Waals surface area contributed by atoms with Gasteiger partial charge in [0.15, 0.2) is 0 Å². The first-order valence-electron chi connectivity index (χ1n) is 5.98. The minimum Gasteiger partial charge on any atom is -0.495 e. The van der Waals surface area contributed by atoms with Gasteiger partial charge in [0.1, 0.15) is 11.6 Å². The summed E-state index contributed by atoms with van der Waals surface area (Å²) in [6, 6.07) is 7.13. The molecule has 20 heavy (non-hydrogen) atoms. The summed E-state index contributed by atoms with van der Waals surface area (Å²) in [5.74, 6) is 0.388. The minimum atomic E-state index is -0.598. The number of rotatable bonds is 4. The van der Waals surface area contributed by atoms with Gasteiger partial charge in [0.25, 0.3) is 5.91 Å². The number of nitrogen functional groups attached to an aromatic ring is 1. The number of hydrogen-bond acceptors (Lipinski definition) is 5. The van der Waals surface area contributed by atoms with E-state index >= 15 is 0 Å². The standard InChI is InChI=1S/C14H16N4O2/c1-8-3-4-12(20-2)11(5-8)18-14-10(13(16)19)6-9(15)7-17-14/h3-7H,15H2,1-2H3,(H2,16,19)(H,17,18). The van der Waals surface area contributed by atoms with Crippen molar-refractivity contribution in [2.24, 2.45) is 5.73 Å². The Morgan fingerprint density at radius 1 is 1.35 bits per heavy atom. The van der Waals surface area contributed by atoms with Crippen LogP contribution in [0.2, 0.25) is 0 Å². The Morgan fingerprint density at radius 2 is 2.10 bits per heavy atom. The van der Waals surface area contributed by atoms with Gasteiger partial charge in [0.2, 0.25) is 0 Å². The molecule has 0 bridgehead atoms. The maximum absolute atomic E-state index is 11.4. The van der Waals surface area contributed by atoms with Crippen LogP contribution in [0.15, 0.2) is 30.5 Å². The van der Waals surface area contributed by atoms with Crippen LogP contribution < -0.4 is 21.5 Å². The van der Waals surface area contributed by atoms with E-state index in [4.69, 9.17) is 16.2 Å². The SMILES string of the molecule is COc1ccc(C)cc1Nc1ncc(N)cc1C(N)=O. The van der Waals surface area contributed by atoms with E-state index in [1.807, 2.05) is 25.1 Å². The number of ether oxygens (including phenoxy) is 1. The number of primary amides is 1. The minimum absolute atomic E-state index is 0.230. The largest absolute Gasteiger partial charge is 0.495 e. The quantitative estimate of drug-likeness (QED) is 0.787. The summed E-state index contributed by atoms with van der Waals surface area (Å²) in [6.45, 7) is 1.95. The summed E-state index contributed by atoms with van der Waals surface area (Å²) in [6.07, 6.45) is 1.46. The molecule has 1 heterocycles. The molecule has 6 heteroatoms. The molecule has 2 aromatic rings. The number of hydrogen-bond donors (Lipinski definition) is 3. The van der Waals surface area contributed by atoms with Crippen LogP contribution in [0.25, 0.3) is 0 Å². The van der Waals surface area contributed by atoms with Crippen LogP contribution >= 0.6 is 0 Å². The maximum Gasteiger partial charge on any atom is 0.252 e. The average Bonchev–Trinajstić information content (AvgIpc) is 2.41. The number of anilines is 3. The van der Waals surface area contributed by atoms with Crippen LogP contribution in [0.5, 0.6) is 5.75 Å². The van der Waals surface area contributed by atoms with E-state index in [0.29, 0.717) is 22.9 Å². The van der Waals surface area contributed by atoms with Crippen molar-refractivity contribution in [1.82, 2.24) is 4.98 Å². The van der Waals surface area contributed by atoms with Crippen molar-refractivity contribution in [3.63, 3.8) is 0 Å². The van der Waals surface area contributed by atoms with Gasteiger partial charge in [-0.05, 0) is 30.7 Å². The highest BCUT2D eigenvalue weighted by molar-refractivity contribution is 5.99. The molecule has 104 valence electrons. The normalized spacial score (nSPS) is 10.1. The van der Waals surface area contributed by atoms with Crippen molar-refractivity contribution >= 4 is 23.1 Å². The molecule has 0 unspecified atom stereocenters. The lowest BCUT2D eigenvalue weighted by Gasteiger charge is -2.13. The molecule has 1 amide bonds. The van der Waals surface area contributed by atoms with E-state index in [-0.39, 0.29) is 5.56 Å². The van der Waals surface area contributed by atoms with E-state index in [2.05, 4.69) is 10.3 Å². The molecule has 6 nitrogen and oxygen atoms in total. The fourth-order valence-electron chi connectivity index (χ4n) is 1.82. The fourth-order valence-corrected chi connectivity index (χ4v) is 1.82. The molecule has 0 aliphatic rings. The van der Waals surface area contributed by atoms with Crippen molar-refractivity contribution in [3.8, 4) is 5.75 Å². The van der Waals surface area contributed by atoms with Crippen molar-refractivity contribution in [2.45, 2.75) is 6.92 Å². The number of carbonyl (C=O) groups is 1. The molecular formula is C14H16N4O2. The van der Waals surface area contributed by atoms with Crippen molar-refractivity contribution in [2.75, 3.05) is 18.2 Å². The summed E-state index contributed by atoms with van der Waals surface area (Å²) >= 11 is 0. The van der Waals surface area contributed by atoms with Gasteiger partial charge in [0, 0.05) is 0 Å². The van der Waals surface area contributed by atoms with Crippen LogP contribution in [0.3, 0.4) is 0 Å². The predicted octanol–water partition coefficient (Wildman–Crippen LogP) is 1.82. The van der Waals surface area contributed by atoms with Gasteiger partial charge >= 0.3 is 0 Å². The number of methoxy groups -OCH3 is 1. The first-order valence-corrected chi connectivity index (χ1v) is 5.98. The average molecular weight is 272 g/mol. The van der Waals surface area contributed by atoms with Gasteiger partial charge in [-0.2, -0.15) is 0 Å². The predicted molar refractivity (Wildman–Crippen MR) is 78.2 cm³/mol. The highest BCUT2D eigenvalue weighted by Gasteiger charge is 2.12. The summed E-state index contributed by atoms with van der Waals surface area (Å²) in [7, 11) is 1.57. The topological polar surface area (TPSA) is 103 Å². The van der Waals surface area contributed by atoms with Gasteiger partial charge in [-0.15, -0.1) is 0 Å². The molecule has 2 rings (SSSR count). The number of amides is 1. The molecule has 1 aromatic carbocycles. The third kappa shape index (κ3) is 2.80. The molecule has 0 radical (unpaired) electrons. The smallest absolute Gasteiger partial charge is 0.252 e. The lowest BCUT2D eigenvalue weighted by atomic mass is 10.2. The molecule has 0 aliphatic heterocycles. The molecule has 0 saturated heterocycles. The monoisotopic (exact) mass is 272 g/mol. The second kappa shape index (κ2) is 5.48. The zero-order chi connectivity index (χ0) is 14.7. The van der Waals surface area contributed by atoms with E-state index in [1.54, 1.807) is 7.11 Å². The summed E-state index contributed by atoms with van der Waals surface area (Å²) in [5, 5.41) is 3.05. The van der Waals surface area contributed by atoms with Crippen LogP contribution in [0.4, 0.5) is 17.2 Å². The molecule has 0 fully saturated rings. The van der Waals surface area contributed by atoms with Gasteiger partial charge in [0.05, 0.1) is 30.2 Å². The van der Waals surface area contributed by atoms with Crippen molar-refractivity contribution < 1.29 is 9.53 Å². The second-order valence-corrected chi connectivity index (χ2v) is 4.36. The molecule has 5 N–H and O–H groups in total. The fraction of sp³-hybridized carbons (Fsp3) is 0.143. The number of pyridine rings is 1. The lowest BCUT2D eigenvalue weighted by molar-refractivity contribution is 0.100. The van der Waals surface area contributed by atoms with Crippen LogP contribution in [-0.4, -0.2) is 18.0 Å². The Hall–Kier alpha value is -2.76. The van der Waals surface area contributed by atoms with Gasteiger partial charge in [-0.3, -0.25) is 4.79 Å². The van der Waals surface area contributed by atoms with Gasteiger partial charge < -0.3 is 21.5 Å². The number of benzene rings is 1. The third-order valence-electron chi connectivity index (χ3n) is 2.78. The van der Waals surface area contributed by atoms with Crippen LogP contribution in [0.1, 0.15) is 15.9 Å². The Bertz CT molecular complexity index is 656. The number of aromatic nitrogens is 1. The molecule has 1 aromatic heterocycles. The Morgan fingerprint density at radius 3 is 2.75 bits per heavy atom. The number of nitrogens with two attached hydrogens (primary N) is 2. The summed E-state index contributed by atoms with van der Waals surface area (Å²) in [5.41, 5.74) is 13.3. The first-order chi connectivity index (χ1) is 9.51. The third-order valence-corrected chi connectivity index (χ3v) is 2.78. The maximum atomic E-state index is 11.4. The van der Waals surface area contributed by atoms with E-state index in [1.165, 1.54) is 12.3 Å². The number of nitrogens with zero attached hydrogens (tertiary/aromatic N) is 1. The lowest BCUT2D eigenvalue weighted by Crippen LogP contribution is -2.15. The number of carbonyl (C=O) groups excluding carboxylic acids is 1. The van der Waals surface area contributed by atoms with Gasteiger partial charge in [-0.25, -0.2) is 4.98 Å². The first kappa shape index (κ1) is 13.7. The molecular weight excluding hydrogens is 256 g/mol. The summed E-state index contributed by atoms with van der Waals surface area (Å²) < 4.78 is 5.27. The van der Waals surface area contributed by atoms with E-state index in [0.717, 1.165) is 5.56 Å². The molecule has 0 saturated carbocycles. The molecule has 0 spiro atoms. The second-order valence-electron chi connectivity index (χ2n) is 4.36. The molecule has 0 aliphatic carbocycles. The zero-order valence-corrected chi connectivity index (χ0v) is 11.3. The van der Waals surface area contributed by atoms with Crippen molar-refractivity contribution in [1.29, 1.82) is 0 Å². The Kier molecular flexibility index (Phi) is 3.74. The summed E-state index contributed by atoms with van der Waals surface area (Å²) in [4.78, 5) is 15.5. The Balaban J connectivity index is 2.44. The highest BCUT2D eigenvalue weighted by Crippen LogP contribution is 2.29. The van der Waals surface area contributed by atoms with E-state index in [9.17, 15) is 4.79 Å². The van der Waals surface area contributed by atoms with Crippen molar-refractivity contribution in [3.05, 3.63) is 41.6 Å². The van der Waals surface area contributed by atoms with Crippen LogP contribution in [0, 0.1) is 6.92 Å². The highest BCUT2D eigenvalue weighted by atomic mass is 16.5. The van der Waals surface area contributed by atoms with E-state index < -0.39 is 5.91 Å². The van der Waals surface area contributed by atoms with Crippen LogP contribution in [-0.2, 0) is 0 Å². The van der Waals surface area contributed by atoms with Gasteiger partial charge in [-0.1, -0.05) is 6.07 Å². The number of aryl methyl sites for hydroxylation is 1. The molecule has 0 atom stereocenters.